The Balaban J connectivity index is 2.07. The fourth-order valence-electron chi connectivity index (χ4n) is 2.81. The Morgan fingerprint density at radius 2 is 1.73 bits per heavy atom. The van der Waals surface area contributed by atoms with E-state index in [4.69, 9.17) is 4.74 Å². The van der Waals surface area contributed by atoms with Crippen LogP contribution in [0.2, 0.25) is 0 Å². The Labute approximate surface area is 69.1 Å². The van der Waals surface area contributed by atoms with Crippen LogP contribution in [0.15, 0.2) is 0 Å². The van der Waals surface area contributed by atoms with E-state index in [-0.39, 0.29) is 0 Å². The Kier molecular flexibility index (Phi) is 1.92. The first kappa shape index (κ1) is 7.60. The molecule has 1 nitrogen and oxygen atoms in total. The minimum Gasteiger partial charge on any atom is -0.381 e. The summed E-state index contributed by atoms with van der Waals surface area (Å²) in [6.07, 6.45) is 2.89. The minimum absolute atomic E-state index is 0.818. The molecule has 0 amide bonds. The summed E-state index contributed by atoms with van der Waals surface area (Å²) in [5, 5.41) is 0. The highest BCUT2D eigenvalue weighted by Crippen LogP contribution is 2.43. The lowest BCUT2D eigenvalue weighted by molar-refractivity contribution is -0.0200. The van der Waals surface area contributed by atoms with Crippen molar-refractivity contribution in [3.63, 3.8) is 0 Å². The zero-order valence-electron chi connectivity index (χ0n) is 7.55. The first-order valence-electron chi connectivity index (χ1n) is 4.87. The molecule has 1 aliphatic heterocycles. The van der Waals surface area contributed by atoms with E-state index in [1.165, 1.54) is 12.8 Å². The molecule has 0 bridgehead atoms. The molecule has 4 atom stereocenters. The topological polar surface area (TPSA) is 9.23 Å². The zero-order valence-corrected chi connectivity index (χ0v) is 7.55. The molecule has 1 heteroatoms. The number of fused-ring (bicyclic) bond motifs is 1. The van der Waals surface area contributed by atoms with Crippen LogP contribution < -0.4 is 0 Å². The summed E-state index contributed by atoms with van der Waals surface area (Å²) in [6, 6.07) is 0. The molecule has 0 N–H and O–H groups in total. The molecule has 1 saturated carbocycles. The third kappa shape index (κ3) is 1.20. The third-order valence-electron chi connectivity index (χ3n) is 3.66. The molecule has 0 aromatic carbocycles. The molecule has 2 aliphatic rings. The molecular formula is C10H18O. The van der Waals surface area contributed by atoms with Crippen LogP contribution >= 0.6 is 0 Å². The quantitative estimate of drug-likeness (QED) is 0.520. The maximum absolute atomic E-state index is 5.57. The highest BCUT2D eigenvalue weighted by molar-refractivity contribution is 4.87. The molecular weight excluding hydrogens is 136 g/mol. The summed E-state index contributed by atoms with van der Waals surface area (Å²) in [6.45, 7) is 6.77. The molecule has 1 saturated heterocycles. The van der Waals surface area contributed by atoms with E-state index in [0.717, 1.165) is 36.9 Å². The van der Waals surface area contributed by atoms with E-state index in [0.29, 0.717) is 0 Å². The van der Waals surface area contributed by atoms with Gasteiger partial charge in [-0.3, -0.25) is 0 Å². The van der Waals surface area contributed by atoms with Crippen molar-refractivity contribution in [2.24, 2.45) is 23.7 Å². The monoisotopic (exact) mass is 154 g/mol. The summed E-state index contributed by atoms with van der Waals surface area (Å²) in [7, 11) is 0. The van der Waals surface area contributed by atoms with Gasteiger partial charge >= 0.3 is 0 Å². The van der Waals surface area contributed by atoms with Gasteiger partial charge in [0.2, 0.25) is 0 Å². The maximum Gasteiger partial charge on any atom is 0.0499 e. The van der Waals surface area contributed by atoms with Gasteiger partial charge in [-0.2, -0.15) is 0 Å². The molecule has 0 aromatic rings. The maximum atomic E-state index is 5.57. The van der Waals surface area contributed by atoms with Gasteiger partial charge in [0.05, 0.1) is 0 Å². The van der Waals surface area contributed by atoms with Gasteiger partial charge in [0, 0.05) is 13.2 Å². The second kappa shape index (κ2) is 2.78. The predicted molar refractivity (Wildman–Crippen MR) is 45.4 cm³/mol. The Hall–Kier alpha value is -0.0400. The molecule has 0 spiro atoms. The van der Waals surface area contributed by atoms with Crippen LogP contribution in [-0.4, -0.2) is 13.2 Å². The van der Waals surface area contributed by atoms with Crippen molar-refractivity contribution in [3.05, 3.63) is 0 Å². The summed E-state index contributed by atoms with van der Waals surface area (Å²) < 4.78 is 5.57. The van der Waals surface area contributed by atoms with Crippen molar-refractivity contribution in [1.29, 1.82) is 0 Å². The van der Waals surface area contributed by atoms with Gasteiger partial charge in [-0.1, -0.05) is 20.3 Å². The number of hydrogen-bond acceptors (Lipinski definition) is 1. The van der Waals surface area contributed by atoms with E-state index in [9.17, 15) is 0 Å². The van der Waals surface area contributed by atoms with Crippen molar-refractivity contribution in [3.8, 4) is 0 Å². The van der Waals surface area contributed by atoms with E-state index in [2.05, 4.69) is 13.8 Å². The molecule has 11 heavy (non-hydrogen) atoms. The van der Waals surface area contributed by atoms with Crippen molar-refractivity contribution in [1.82, 2.24) is 0 Å². The van der Waals surface area contributed by atoms with Gasteiger partial charge in [0.25, 0.3) is 0 Å². The molecule has 4 unspecified atom stereocenters. The van der Waals surface area contributed by atoms with Gasteiger partial charge in [0.1, 0.15) is 0 Å². The molecule has 64 valence electrons. The lowest BCUT2D eigenvalue weighted by atomic mass is 9.81. The van der Waals surface area contributed by atoms with E-state index in [1.807, 2.05) is 0 Å². The minimum atomic E-state index is 0.818. The predicted octanol–water partition coefficient (Wildman–Crippen LogP) is 2.32. The van der Waals surface area contributed by atoms with Crippen molar-refractivity contribution < 1.29 is 4.74 Å². The summed E-state index contributed by atoms with van der Waals surface area (Å²) in [5.74, 6) is 3.61. The van der Waals surface area contributed by atoms with Gasteiger partial charge < -0.3 is 4.74 Å². The van der Waals surface area contributed by atoms with Crippen LogP contribution in [0.25, 0.3) is 0 Å². The van der Waals surface area contributed by atoms with Gasteiger partial charge in [-0.15, -0.1) is 0 Å². The van der Waals surface area contributed by atoms with Crippen molar-refractivity contribution in [2.75, 3.05) is 13.2 Å². The first-order valence-corrected chi connectivity index (χ1v) is 4.87. The molecule has 0 aromatic heterocycles. The van der Waals surface area contributed by atoms with Crippen LogP contribution in [0.4, 0.5) is 0 Å². The summed E-state index contributed by atoms with van der Waals surface area (Å²) in [5.41, 5.74) is 0. The largest absolute Gasteiger partial charge is 0.381 e. The Morgan fingerprint density at radius 3 is 2.45 bits per heavy atom. The fourth-order valence-corrected chi connectivity index (χ4v) is 2.81. The molecule has 2 fully saturated rings. The van der Waals surface area contributed by atoms with Crippen LogP contribution in [0, 0.1) is 23.7 Å². The normalized spacial score (nSPS) is 50.7. The lowest BCUT2D eigenvalue weighted by Crippen LogP contribution is -2.32. The summed E-state index contributed by atoms with van der Waals surface area (Å²) in [4.78, 5) is 0. The highest BCUT2D eigenvalue weighted by Gasteiger charge is 2.39. The number of ether oxygens (including phenoxy) is 1. The van der Waals surface area contributed by atoms with Gasteiger partial charge in [-0.05, 0) is 30.1 Å². The van der Waals surface area contributed by atoms with Crippen LogP contribution in [-0.2, 0) is 4.74 Å². The summed E-state index contributed by atoms with van der Waals surface area (Å²) >= 11 is 0. The molecule has 1 heterocycles. The Morgan fingerprint density at radius 1 is 0.909 bits per heavy atom. The zero-order chi connectivity index (χ0) is 7.84. The second-order valence-corrected chi connectivity index (χ2v) is 4.40. The van der Waals surface area contributed by atoms with Crippen molar-refractivity contribution >= 4 is 0 Å². The molecule has 1 aliphatic carbocycles. The van der Waals surface area contributed by atoms with E-state index >= 15 is 0 Å². The van der Waals surface area contributed by atoms with Gasteiger partial charge in [-0.25, -0.2) is 0 Å². The second-order valence-electron chi connectivity index (χ2n) is 4.40. The fraction of sp³-hybridized carbons (Fsp3) is 1.00. The van der Waals surface area contributed by atoms with Crippen molar-refractivity contribution in [2.45, 2.75) is 26.7 Å². The lowest BCUT2D eigenvalue weighted by Gasteiger charge is -2.33. The van der Waals surface area contributed by atoms with Crippen LogP contribution in [0.3, 0.4) is 0 Å². The van der Waals surface area contributed by atoms with Crippen LogP contribution in [0.1, 0.15) is 26.7 Å². The average Bonchev–Trinajstić information content (AvgIpc) is 2.35. The standard InChI is InChI=1S/C10H18O/c1-7-3-4-9-8(2)5-11-6-10(7)9/h7-10H,3-6H2,1-2H3. The van der Waals surface area contributed by atoms with Gasteiger partial charge in [0.15, 0.2) is 0 Å². The molecule has 0 radical (unpaired) electrons. The number of hydrogen-bond donors (Lipinski definition) is 0. The van der Waals surface area contributed by atoms with E-state index < -0.39 is 0 Å². The smallest absolute Gasteiger partial charge is 0.0499 e. The SMILES string of the molecule is CC1COCC2C(C)CCC12. The highest BCUT2D eigenvalue weighted by atomic mass is 16.5. The number of rotatable bonds is 0. The molecule has 2 rings (SSSR count). The van der Waals surface area contributed by atoms with E-state index in [1.54, 1.807) is 0 Å². The Bertz CT molecular complexity index is 142. The van der Waals surface area contributed by atoms with Crippen LogP contribution in [0.5, 0.6) is 0 Å². The first-order chi connectivity index (χ1) is 5.29. The average molecular weight is 154 g/mol. The third-order valence-corrected chi connectivity index (χ3v) is 3.66.